The van der Waals surface area contributed by atoms with Crippen LogP contribution in [0.25, 0.3) is 0 Å². The Morgan fingerprint density at radius 3 is 2.33 bits per heavy atom. The van der Waals surface area contributed by atoms with Crippen molar-refractivity contribution < 1.29 is 22.0 Å². The van der Waals surface area contributed by atoms with Crippen molar-refractivity contribution in [3.05, 3.63) is 65.0 Å². The first-order valence-corrected chi connectivity index (χ1v) is 5.98. The molecule has 0 aliphatic heterocycles. The van der Waals surface area contributed by atoms with Gasteiger partial charge in [-0.25, -0.2) is 8.78 Å². The molecule has 0 fully saturated rings. The summed E-state index contributed by atoms with van der Waals surface area (Å²) in [6, 6.07) is 2.29. The monoisotopic (exact) mass is 302 g/mol. The second-order valence-electron chi connectivity index (χ2n) is 4.35. The molecular weight excluding hydrogens is 291 g/mol. The largest absolute Gasteiger partial charge is 0.416 e. The molecule has 2 nitrogen and oxygen atoms in total. The molecule has 0 spiro atoms. The Bertz CT molecular complexity index is 640. The zero-order chi connectivity index (χ0) is 15.6. The summed E-state index contributed by atoms with van der Waals surface area (Å²) in [5.74, 6) is -1.58. The van der Waals surface area contributed by atoms with Crippen molar-refractivity contribution in [1.29, 1.82) is 0 Å². The lowest BCUT2D eigenvalue weighted by Gasteiger charge is -2.19. The third-order valence-electron chi connectivity index (χ3n) is 3.04. The fraction of sp³-hybridized carbons (Fsp3) is 0.214. The van der Waals surface area contributed by atoms with Gasteiger partial charge in [-0.1, -0.05) is 0 Å². The molecule has 0 radical (unpaired) electrons. The summed E-state index contributed by atoms with van der Waals surface area (Å²) >= 11 is 0. The predicted octanol–water partition coefficient (Wildman–Crippen LogP) is 3.69. The highest BCUT2D eigenvalue weighted by Gasteiger charge is 2.32. The summed E-state index contributed by atoms with van der Waals surface area (Å²) in [5.41, 5.74) is -1.25. The second kappa shape index (κ2) is 5.77. The first kappa shape index (κ1) is 15.4. The zero-order valence-electron chi connectivity index (χ0n) is 10.9. The molecule has 2 aromatic rings. The molecule has 1 atom stereocenters. The van der Waals surface area contributed by atoms with E-state index in [1.807, 2.05) is 0 Å². The van der Waals surface area contributed by atoms with Crippen LogP contribution < -0.4 is 5.32 Å². The molecule has 1 heterocycles. The topological polar surface area (TPSA) is 24.9 Å². The average molecular weight is 302 g/mol. The number of rotatable bonds is 3. The van der Waals surface area contributed by atoms with E-state index in [1.165, 1.54) is 19.3 Å². The highest BCUT2D eigenvalue weighted by molar-refractivity contribution is 5.36. The van der Waals surface area contributed by atoms with Crippen LogP contribution in [0.4, 0.5) is 22.0 Å². The summed E-state index contributed by atoms with van der Waals surface area (Å²) in [6.45, 7) is 0. The molecule has 0 aliphatic carbocycles. The molecule has 0 aliphatic rings. The molecule has 0 saturated heterocycles. The molecule has 1 N–H and O–H groups in total. The minimum Gasteiger partial charge on any atom is -0.309 e. The minimum absolute atomic E-state index is 0.0192. The van der Waals surface area contributed by atoms with Gasteiger partial charge in [0.25, 0.3) is 0 Å². The van der Waals surface area contributed by atoms with Crippen LogP contribution in [-0.2, 0) is 6.18 Å². The Hall–Kier alpha value is -2.02. The Labute approximate surface area is 117 Å². The lowest BCUT2D eigenvalue weighted by Crippen LogP contribution is -2.21. The summed E-state index contributed by atoms with van der Waals surface area (Å²) in [5, 5.41) is 2.62. The van der Waals surface area contributed by atoms with Crippen molar-refractivity contribution in [1.82, 2.24) is 10.3 Å². The van der Waals surface area contributed by atoms with E-state index in [-0.39, 0.29) is 11.1 Å². The molecule has 1 aromatic heterocycles. The van der Waals surface area contributed by atoms with E-state index in [9.17, 15) is 22.0 Å². The number of pyridine rings is 1. The van der Waals surface area contributed by atoms with Crippen molar-refractivity contribution in [2.75, 3.05) is 7.05 Å². The maximum absolute atomic E-state index is 13.9. The van der Waals surface area contributed by atoms with Gasteiger partial charge in [-0.3, -0.25) is 4.98 Å². The van der Waals surface area contributed by atoms with E-state index < -0.39 is 29.4 Å². The maximum atomic E-state index is 13.9. The molecule has 1 aromatic carbocycles. The molecule has 0 bridgehead atoms. The van der Waals surface area contributed by atoms with Gasteiger partial charge in [0, 0.05) is 17.3 Å². The minimum atomic E-state index is -4.60. The third kappa shape index (κ3) is 3.18. The van der Waals surface area contributed by atoms with Crippen LogP contribution in [0.5, 0.6) is 0 Å². The fourth-order valence-corrected chi connectivity index (χ4v) is 2.04. The van der Waals surface area contributed by atoms with Crippen LogP contribution in [0.2, 0.25) is 0 Å². The van der Waals surface area contributed by atoms with Crippen molar-refractivity contribution in [3.63, 3.8) is 0 Å². The average Bonchev–Trinajstić information content (AvgIpc) is 2.42. The zero-order valence-corrected chi connectivity index (χ0v) is 10.9. The van der Waals surface area contributed by atoms with E-state index in [2.05, 4.69) is 10.3 Å². The van der Waals surface area contributed by atoms with Crippen LogP contribution in [-0.4, -0.2) is 12.0 Å². The Balaban J connectivity index is 2.55. The van der Waals surface area contributed by atoms with Crippen LogP contribution >= 0.6 is 0 Å². The fourth-order valence-electron chi connectivity index (χ4n) is 2.04. The summed E-state index contributed by atoms with van der Waals surface area (Å²) in [6.07, 6.45) is -2.39. The van der Waals surface area contributed by atoms with Gasteiger partial charge in [-0.2, -0.15) is 13.2 Å². The number of alkyl halides is 3. The van der Waals surface area contributed by atoms with E-state index >= 15 is 0 Å². The first-order valence-electron chi connectivity index (χ1n) is 5.98. The number of aromatic nitrogens is 1. The van der Waals surface area contributed by atoms with Crippen molar-refractivity contribution in [2.24, 2.45) is 0 Å². The number of hydrogen-bond donors (Lipinski definition) is 1. The van der Waals surface area contributed by atoms with Crippen LogP contribution in [0.15, 0.2) is 36.7 Å². The SMILES string of the molecule is CNC(c1ccncc1F)c1cc(C(F)(F)F)ccc1F. The van der Waals surface area contributed by atoms with Gasteiger partial charge in [-0.15, -0.1) is 0 Å². The lowest BCUT2D eigenvalue weighted by atomic mass is 9.97. The van der Waals surface area contributed by atoms with E-state index in [0.717, 1.165) is 12.3 Å². The highest BCUT2D eigenvalue weighted by atomic mass is 19.4. The molecule has 7 heteroatoms. The first-order chi connectivity index (χ1) is 9.84. The van der Waals surface area contributed by atoms with Gasteiger partial charge in [0.05, 0.1) is 17.8 Å². The van der Waals surface area contributed by atoms with E-state index in [0.29, 0.717) is 12.1 Å². The van der Waals surface area contributed by atoms with E-state index in [4.69, 9.17) is 0 Å². The lowest BCUT2D eigenvalue weighted by molar-refractivity contribution is -0.137. The van der Waals surface area contributed by atoms with Gasteiger partial charge >= 0.3 is 6.18 Å². The second-order valence-corrected chi connectivity index (χ2v) is 4.35. The van der Waals surface area contributed by atoms with E-state index in [1.54, 1.807) is 0 Å². The van der Waals surface area contributed by atoms with Gasteiger partial charge in [0.15, 0.2) is 0 Å². The molecule has 0 amide bonds. The smallest absolute Gasteiger partial charge is 0.309 e. The molecule has 21 heavy (non-hydrogen) atoms. The van der Waals surface area contributed by atoms with Crippen LogP contribution in [0.1, 0.15) is 22.7 Å². The molecule has 0 saturated carbocycles. The Morgan fingerprint density at radius 1 is 1.05 bits per heavy atom. The van der Waals surface area contributed by atoms with Crippen molar-refractivity contribution in [2.45, 2.75) is 12.2 Å². The maximum Gasteiger partial charge on any atom is 0.416 e. The van der Waals surface area contributed by atoms with Gasteiger partial charge < -0.3 is 5.32 Å². The number of nitrogens with one attached hydrogen (secondary N) is 1. The number of halogens is 5. The number of benzene rings is 1. The standard InChI is InChI=1S/C14H11F5N2/c1-20-13(9-4-5-21-7-12(9)16)10-6-8(14(17,18)19)2-3-11(10)15/h2-7,13,20H,1H3. The number of nitrogens with zero attached hydrogens (tertiary/aromatic N) is 1. The third-order valence-corrected chi connectivity index (χ3v) is 3.04. The highest BCUT2D eigenvalue weighted by Crippen LogP contribution is 2.33. The molecule has 112 valence electrons. The van der Waals surface area contributed by atoms with Gasteiger partial charge in [0.2, 0.25) is 0 Å². The number of hydrogen-bond acceptors (Lipinski definition) is 2. The van der Waals surface area contributed by atoms with Crippen molar-refractivity contribution >= 4 is 0 Å². The van der Waals surface area contributed by atoms with Gasteiger partial charge in [-0.05, 0) is 31.3 Å². The Kier molecular flexibility index (Phi) is 4.22. The molecular formula is C14H11F5N2. The summed E-state index contributed by atoms with van der Waals surface area (Å²) in [7, 11) is 1.41. The van der Waals surface area contributed by atoms with Crippen LogP contribution in [0.3, 0.4) is 0 Å². The van der Waals surface area contributed by atoms with Gasteiger partial charge in [0.1, 0.15) is 11.6 Å². The quantitative estimate of drug-likeness (QED) is 0.875. The predicted molar refractivity (Wildman–Crippen MR) is 66.5 cm³/mol. The van der Waals surface area contributed by atoms with Crippen molar-refractivity contribution in [3.8, 4) is 0 Å². The summed E-state index contributed by atoms with van der Waals surface area (Å²) < 4.78 is 65.8. The Morgan fingerprint density at radius 2 is 1.76 bits per heavy atom. The normalized spacial score (nSPS) is 13.2. The molecule has 2 rings (SSSR count). The molecule has 1 unspecified atom stereocenters. The summed E-state index contributed by atoms with van der Waals surface area (Å²) in [4.78, 5) is 3.56. The van der Waals surface area contributed by atoms with Crippen LogP contribution in [0, 0.1) is 11.6 Å².